The SMILES string of the molecule is Cc1ncc(Cl)cc1C(=O)N[C@H]1CC[C@H](Cn2c(=O)n(-c3ccc(N[C@H]4CCOC4)nc3)c3ccccc32)CC1. The van der Waals surface area contributed by atoms with Crippen molar-refractivity contribution in [1.29, 1.82) is 0 Å². The van der Waals surface area contributed by atoms with Crippen molar-refractivity contribution in [3.63, 3.8) is 0 Å². The van der Waals surface area contributed by atoms with Gasteiger partial charge in [-0.1, -0.05) is 23.7 Å². The summed E-state index contributed by atoms with van der Waals surface area (Å²) in [6.45, 7) is 3.90. The normalized spacial score (nSPS) is 21.0. The predicted octanol–water partition coefficient (Wildman–Crippen LogP) is 4.73. The first-order valence-electron chi connectivity index (χ1n) is 13.9. The van der Waals surface area contributed by atoms with Crippen molar-refractivity contribution in [2.75, 3.05) is 18.5 Å². The Labute approximate surface area is 237 Å². The lowest BCUT2D eigenvalue weighted by atomic mass is 9.85. The molecule has 1 saturated carbocycles. The molecule has 10 heteroatoms. The van der Waals surface area contributed by atoms with Crippen LogP contribution in [0.1, 0.15) is 48.2 Å². The minimum Gasteiger partial charge on any atom is -0.379 e. The number of halogens is 1. The van der Waals surface area contributed by atoms with E-state index in [2.05, 4.69) is 20.6 Å². The number of para-hydroxylation sites is 2. The molecule has 3 aromatic heterocycles. The number of pyridine rings is 2. The number of amides is 1. The molecule has 2 aliphatic rings. The van der Waals surface area contributed by atoms with E-state index in [0.717, 1.165) is 61.2 Å². The van der Waals surface area contributed by atoms with Crippen molar-refractivity contribution in [2.45, 2.75) is 57.7 Å². The first-order valence-corrected chi connectivity index (χ1v) is 14.3. The molecule has 2 fully saturated rings. The average molecular weight is 561 g/mol. The summed E-state index contributed by atoms with van der Waals surface area (Å²) in [5, 5.41) is 7.00. The van der Waals surface area contributed by atoms with E-state index >= 15 is 0 Å². The highest BCUT2D eigenvalue weighted by atomic mass is 35.5. The van der Waals surface area contributed by atoms with Crippen LogP contribution in [0.15, 0.2) is 59.7 Å². The monoisotopic (exact) mass is 560 g/mol. The van der Waals surface area contributed by atoms with E-state index in [4.69, 9.17) is 16.3 Å². The molecule has 1 aromatic carbocycles. The van der Waals surface area contributed by atoms with Gasteiger partial charge in [-0.05, 0) is 75.3 Å². The van der Waals surface area contributed by atoms with Gasteiger partial charge >= 0.3 is 5.69 Å². The maximum Gasteiger partial charge on any atom is 0.333 e. The zero-order valence-electron chi connectivity index (χ0n) is 22.5. The first-order chi connectivity index (χ1) is 19.5. The number of anilines is 1. The van der Waals surface area contributed by atoms with Crippen LogP contribution in [0.25, 0.3) is 16.7 Å². The number of hydrogen-bond acceptors (Lipinski definition) is 6. The van der Waals surface area contributed by atoms with Gasteiger partial charge in [0.25, 0.3) is 5.91 Å². The van der Waals surface area contributed by atoms with E-state index in [1.165, 1.54) is 0 Å². The molecule has 1 aliphatic carbocycles. The number of aromatic nitrogens is 4. The molecule has 1 amide bonds. The fourth-order valence-corrected chi connectivity index (χ4v) is 6.00. The maximum atomic E-state index is 13.7. The Morgan fingerprint density at radius 3 is 2.55 bits per heavy atom. The van der Waals surface area contributed by atoms with Crippen molar-refractivity contribution in [2.24, 2.45) is 5.92 Å². The second kappa shape index (κ2) is 11.4. The number of nitrogens with one attached hydrogen (secondary N) is 2. The minimum atomic E-state index is -0.137. The molecule has 0 unspecified atom stereocenters. The third kappa shape index (κ3) is 5.48. The van der Waals surface area contributed by atoms with Crippen LogP contribution in [0.4, 0.5) is 5.82 Å². The highest BCUT2D eigenvalue weighted by molar-refractivity contribution is 6.30. The predicted molar refractivity (Wildman–Crippen MR) is 155 cm³/mol. The molecule has 2 N–H and O–H groups in total. The number of imidazole rings is 1. The van der Waals surface area contributed by atoms with Gasteiger partial charge in [-0.25, -0.2) is 9.78 Å². The molecule has 0 spiro atoms. The fourth-order valence-electron chi connectivity index (χ4n) is 5.84. The zero-order chi connectivity index (χ0) is 27.6. The third-order valence-corrected chi connectivity index (χ3v) is 8.25. The number of hydrogen-bond donors (Lipinski definition) is 2. The second-order valence-corrected chi connectivity index (χ2v) is 11.2. The largest absolute Gasteiger partial charge is 0.379 e. The fraction of sp³-hybridized carbons (Fsp3) is 0.400. The second-order valence-electron chi connectivity index (χ2n) is 10.8. The van der Waals surface area contributed by atoms with Gasteiger partial charge in [0.05, 0.1) is 51.8 Å². The third-order valence-electron chi connectivity index (χ3n) is 8.04. The lowest BCUT2D eigenvalue weighted by molar-refractivity contribution is 0.0919. The van der Waals surface area contributed by atoms with E-state index in [0.29, 0.717) is 35.3 Å². The van der Waals surface area contributed by atoms with Crippen LogP contribution in [0.2, 0.25) is 5.02 Å². The smallest absolute Gasteiger partial charge is 0.333 e. The summed E-state index contributed by atoms with van der Waals surface area (Å²) in [5.74, 6) is 0.987. The minimum absolute atomic E-state index is 0.0627. The molecule has 0 bridgehead atoms. The van der Waals surface area contributed by atoms with Crippen LogP contribution in [0.3, 0.4) is 0 Å². The summed E-state index contributed by atoms with van der Waals surface area (Å²) in [4.78, 5) is 35.3. The van der Waals surface area contributed by atoms with Crippen LogP contribution >= 0.6 is 11.6 Å². The van der Waals surface area contributed by atoms with E-state index in [1.807, 2.05) is 47.9 Å². The van der Waals surface area contributed by atoms with Gasteiger partial charge in [-0.3, -0.25) is 18.9 Å². The molecule has 9 nitrogen and oxygen atoms in total. The maximum absolute atomic E-state index is 13.7. The Kier molecular flexibility index (Phi) is 7.58. The average Bonchev–Trinajstić information content (AvgIpc) is 3.57. The lowest BCUT2D eigenvalue weighted by Crippen LogP contribution is -2.39. The Hall–Kier alpha value is -3.69. The molecule has 0 radical (unpaired) electrons. The van der Waals surface area contributed by atoms with E-state index in [1.54, 1.807) is 23.0 Å². The van der Waals surface area contributed by atoms with E-state index in [9.17, 15) is 9.59 Å². The highest BCUT2D eigenvalue weighted by Crippen LogP contribution is 2.28. The summed E-state index contributed by atoms with van der Waals surface area (Å²) >= 11 is 6.05. The van der Waals surface area contributed by atoms with Gasteiger partial charge in [-0.15, -0.1) is 0 Å². The Morgan fingerprint density at radius 1 is 1.02 bits per heavy atom. The van der Waals surface area contributed by atoms with Crippen molar-refractivity contribution in [3.05, 3.63) is 81.6 Å². The zero-order valence-corrected chi connectivity index (χ0v) is 23.2. The van der Waals surface area contributed by atoms with Crippen molar-refractivity contribution >= 4 is 34.4 Å². The molecular weight excluding hydrogens is 528 g/mol. The van der Waals surface area contributed by atoms with Crippen molar-refractivity contribution < 1.29 is 9.53 Å². The number of carbonyl (C=O) groups is 1. The summed E-state index contributed by atoms with van der Waals surface area (Å²) in [7, 11) is 0. The van der Waals surface area contributed by atoms with Crippen molar-refractivity contribution in [3.8, 4) is 5.69 Å². The van der Waals surface area contributed by atoms with Crippen molar-refractivity contribution in [1.82, 2.24) is 24.4 Å². The standard InChI is InChI=1S/C30H33ClN6O3/c1-19-25(14-21(31)15-32-19)29(38)35-22-8-6-20(7-9-22)17-36-26-4-2-3-5-27(26)37(30(36)39)24-10-11-28(33-16-24)34-23-12-13-40-18-23/h2-5,10-11,14-16,20,22-23H,6-9,12-13,17-18H2,1H3,(H,33,34)(H,35,38)/t20-,22-,23-/m0/s1. The molecule has 1 saturated heterocycles. The van der Waals surface area contributed by atoms with Crippen LogP contribution in [-0.2, 0) is 11.3 Å². The summed E-state index contributed by atoms with van der Waals surface area (Å²) < 4.78 is 9.08. The van der Waals surface area contributed by atoms with Gasteiger partial charge in [-0.2, -0.15) is 0 Å². The molecule has 1 aliphatic heterocycles. The van der Waals surface area contributed by atoms with Gasteiger partial charge in [0, 0.05) is 25.4 Å². The summed E-state index contributed by atoms with van der Waals surface area (Å²) in [6.07, 6.45) is 7.84. The summed E-state index contributed by atoms with van der Waals surface area (Å²) in [5.41, 5.74) is 3.64. The van der Waals surface area contributed by atoms with E-state index < -0.39 is 0 Å². The van der Waals surface area contributed by atoms with Crippen LogP contribution in [-0.4, -0.2) is 50.3 Å². The molecular formula is C30H33ClN6O3. The number of nitrogens with zero attached hydrogens (tertiary/aromatic N) is 4. The molecule has 4 heterocycles. The van der Waals surface area contributed by atoms with Gasteiger partial charge in [0.2, 0.25) is 0 Å². The number of aryl methyl sites for hydroxylation is 1. The molecule has 4 aromatic rings. The number of fused-ring (bicyclic) bond motifs is 1. The van der Waals surface area contributed by atoms with Crippen LogP contribution in [0, 0.1) is 12.8 Å². The molecule has 6 rings (SSSR count). The lowest BCUT2D eigenvalue weighted by Gasteiger charge is -2.29. The Morgan fingerprint density at radius 2 is 1.82 bits per heavy atom. The number of benzene rings is 1. The topological polar surface area (TPSA) is 103 Å². The first kappa shape index (κ1) is 26.5. The number of ether oxygens (including phenoxy) is 1. The van der Waals surface area contributed by atoms with Gasteiger partial charge in [0.1, 0.15) is 5.82 Å². The Balaban J connectivity index is 1.15. The molecule has 1 atom stereocenters. The highest BCUT2D eigenvalue weighted by Gasteiger charge is 2.26. The number of carbonyl (C=O) groups excluding carboxylic acids is 1. The van der Waals surface area contributed by atoms with Gasteiger partial charge in [0.15, 0.2) is 0 Å². The quantitative estimate of drug-likeness (QED) is 0.339. The van der Waals surface area contributed by atoms with Gasteiger partial charge < -0.3 is 15.4 Å². The molecule has 40 heavy (non-hydrogen) atoms. The van der Waals surface area contributed by atoms with Crippen LogP contribution < -0.4 is 16.3 Å². The van der Waals surface area contributed by atoms with Crippen LogP contribution in [0.5, 0.6) is 0 Å². The summed E-state index contributed by atoms with van der Waals surface area (Å²) in [6, 6.07) is 13.8. The van der Waals surface area contributed by atoms with E-state index in [-0.39, 0.29) is 23.7 Å². The number of rotatable bonds is 7. The molecule has 208 valence electrons. The Bertz CT molecular complexity index is 1570.